The Bertz CT molecular complexity index is 558. The summed E-state index contributed by atoms with van der Waals surface area (Å²) in [6.45, 7) is 2.73. The van der Waals surface area contributed by atoms with Crippen LogP contribution in [0.4, 0.5) is 5.82 Å². The molecule has 1 saturated heterocycles. The van der Waals surface area contributed by atoms with E-state index >= 15 is 0 Å². The lowest BCUT2D eigenvalue weighted by atomic mass is 10.0. The molecule has 0 bridgehead atoms. The van der Waals surface area contributed by atoms with E-state index in [9.17, 15) is 5.11 Å². The Morgan fingerprint density at radius 1 is 1.30 bits per heavy atom. The Balaban J connectivity index is 1.81. The van der Waals surface area contributed by atoms with Gasteiger partial charge in [0.2, 0.25) is 0 Å². The van der Waals surface area contributed by atoms with Crippen molar-refractivity contribution in [2.24, 2.45) is 0 Å². The highest BCUT2D eigenvalue weighted by Crippen LogP contribution is 2.26. The van der Waals surface area contributed by atoms with Gasteiger partial charge in [0.15, 0.2) is 5.82 Å². The molecule has 20 heavy (non-hydrogen) atoms. The molecule has 1 fully saturated rings. The molecule has 0 aliphatic carbocycles. The molecule has 0 saturated carbocycles. The molecule has 0 amide bonds. The SMILES string of the molecule is Cc1ccc(N2CC[C@@H](O)[C@H]2Cc2cccnc2)nn1. The van der Waals surface area contributed by atoms with E-state index in [1.807, 2.05) is 37.4 Å². The molecule has 0 aromatic carbocycles. The van der Waals surface area contributed by atoms with Crippen LogP contribution < -0.4 is 4.90 Å². The fourth-order valence-corrected chi connectivity index (χ4v) is 2.67. The molecular formula is C15H18N4O. The van der Waals surface area contributed by atoms with Crippen molar-refractivity contribution in [2.45, 2.75) is 31.9 Å². The molecule has 1 aliphatic heterocycles. The lowest BCUT2D eigenvalue weighted by Crippen LogP contribution is -2.37. The average Bonchev–Trinajstić information content (AvgIpc) is 2.83. The molecule has 0 spiro atoms. The first-order valence-corrected chi connectivity index (χ1v) is 6.88. The number of pyridine rings is 1. The Labute approximate surface area is 118 Å². The molecule has 1 N–H and O–H groups in total. The first-order valence-electron chi connectivity index (χ1n) is 6.88. The summed E-state index contributed by atoms with van der Waals surface area (Å²) in [6.07, 6.45) is 4.81. The third-order valence-corrected chi connectivity index (χ3v) is 3.76. The third-order valence-electron chi connectivity index (χ3n) is 3.76. The summed E-state index contributed by atoms with van der Waals surface area (Å²) >= 11 is 0. The molecule has 2 aromatic rings. The van der Waals surface area contributed by atoms with Crippen molar-refractivity contribution in [1.82, 2.24) is 15.2 Å². The normalized spacial score (nSPS) is 22.2. The van der Waals surface area contributed by atoms with Gasteiger partial charge < -0.3 is 10.0 Å². The topological polar surface area (TPSA) is 62.1 Å². The van der Waals surface area contributed by atoms with Crippen LogP contribution in [0.1, 0.15) is 17.7 Å². The fourth-order valence-electron chi connectivity index (χ4n) is 2.67. The van der Waals surface area contributed by atoms with Crippen LogP contribution in [0, 0.1) is 6.92 Å². The number of nitrogens with zero attached hydrogens (tertiary/aromatic N) is 4. The van der Waals surface area contributed by atoms with Gasteiger partial charge >= 0.3 is 0 Å². The minimum Gasteiger partial charge on any atom is -0.391 e. The molecule has 1 aliphatic rings. The number of anilines is 1. The second-order valence-electron chi connectivity index (χ2n) is 5.22. The molecule has 2 atom stereocenters. The second-order valence-corrected chi connectivity index (χ2v) is 5.22. The van der Waals surface area contributed by atoms with Crippen LogP contribution in [0.3, 0.4) is 0 Å². The maximum absolute atomic E-state index is 10.2. The van der Waals surface area contributed by atoms with E-state index in [2.05, 4.69) is 20.1 Å². The van der Waals surface area contributed by atoms with Gasteiger partial charge in [-0.1, -0.05) is 6.07 Å². The van der Waals surface area contributed by atoms with Crippen LogP contribution in [0.15, 0.2) is 36.7 Å². The Hall–Kier alpha value is -2.01. The van der Waals surface area contributed by atoms with Crippen molar-refractivity contribution < 1.29 is 5.11 Å². The summed E-state index contributed by atoms with van der Waals surface area (Å²) in [5.74, 6) is 0.834. The minimum atomic E-state index is -0.335. The third kappa shape index (κ3) is 2.63. The summed E-state index contributed by atoms with van der Waals surface area (Å²) in [6, 6.07) is 7.92. The number of aryl methyl sites for hydroxylation is 1. The fraction of sp³-hybridized carbons (Fsp3) is 0.400. The van der Waals surface area contributed by atoms with Gasteiger partial charge in [-0.25, -0.2) is 0 Å². The second kappa shape index (κ2) is 5.54. The van der Waals surface area contributed by atoms with Crippen molar-refractivity contribution in [3.63, 3.8) is 0 Å². The average molecular weight is 270 g/mol. The quantitative estimate of drug-likeness (QED) is 0.912. The number of hydrogen-bond acceptors (Lipinski definition) is 5. The number of aliphatic hydroxyl groups excluding tert-OH is 1. The van der Waals surface area contributed by atoms with Gasteiger partial charge in [0.1, 0.15) is 0 Å². The first-order chi connectivity index (χ1) is 9.74. The van der Waals surface area contributed by atoms with Gasteiger partial charge in [-0.05, 0) is 43.5 Å². The van der Waals surface area contributed by atoms with E-state index in [-0.39, 0.29) is 12.1 Å². The van der Waals surface area contributed by atoms with E-state index in [1.165, 1.54) is 0 Å². The zero-order chi connectivity index (χ0) is 13.9. The van der Waals surface area contributed by atoms with Gasteiger partial charge in [0.05, 0.1) is 17.8 Å². The molecule has 2 aromatic heterocycles. The summed E-state index contributed by atoms with van der Waals surface area (Å²) in [5.41, 5.74) is 2.03. The Morgan fingerprint density at radius 3 is 2.90 bits per heavy atom. The van der Waals surface area contributed by atoms with Gasteiger partial charge in [0, 0.05) is 18.9 Å². The van der Waals surface area contributed by atoms with Crippen molar-refractivity contribution in [3.05, 3.63) is 47.9 Å². The van der Waals surface area contributed by atoms with Crippen LogP contribution in [-0.4, -0.2) is 39.0 Å². The summed E-state index contributed by atoms with van der Waals surface area (Å²) < 4.78 is 0. The van der Waals surface area contributed by atoms with Crippen LogP contribution in [0.25, 0.3) is 0 Å². The van der Waals surface area contributed by atoms with Crippen molar-refractivity contribution in [1.29, 1.82) is 0 Å². The van der Waals surface area contributed by atoms with E-state index in [1.54, 1.807) is 6.20 Å². The molecule has 0 radical (unpaired) electrons. The highest BCUT2D eigenvalue weighted by atomic mass is 16.3. The van der Waals surface area contributed by atoms with Crippen LogP contribution in [0.5, 0.6) is 0 Å². The maximum atomic E-state index is 10.2. The highest BCUT2D eigenvalue weighted by Gasteiger charge is 2.33. The molecular weight excluding hydrogens is 252 g/mol. The van der Waals surface area contributed by atoms with Gasteiger partial charge in [-0.15, -0.1) is 5.10 Å². The molecule has 104 valence electrons. The monoisotopic (exact) mass is 270 g/mol. The van der Waals surface area contributed by atoms with Crippen LogP contribution in [0.2, 0.25) is 0 Å². The van der Waals surface area contributed by atoms with E-state index in [0.717, 1.165) is 36.5 Å². The smallest absolute Gasteiger partial charge is 0.151 e. The number of hydrogen-bond donors (Lipinski definition) is 1. The van der Waals surface area contributed by atoms with Crippen molar-refractivity contribution in [2.75, 3.05) is 11.4 Å². The number of aromatic nitrogens is 3. The van der Waals surface area contributed by atoms with Crippen LogP contribution >= 0.6 is 0 Å². The molecule has 3 rings (SSSR count). The van der Waals surface area contributed by atoms with E-state index in [4.69, 9.17) is 0 Å². The predicted molar refractivity (Wildman–Crippen MR) is 76.5 cm³/mol. The maximum Gasteiger partial charge on any atom is 0.151 e. The Kier molecular flexibility index (Phi) is 3.60. The zero-order valence-corrected chi connectivity index (χ0v) is 11.5. The standard InChI is InChI=1S/C15H18N4O/c1-11-4-5-15(18-17-11)19-8-6-14(20)13(19)9-12-3-2-7-16-10-12/h2-5,7,10,13-14,20H,6,8-9H2,1H3/t13-,14-/m1/s1. The summed E-state index contributed by atoms with van der Waals surface area (Å²) in [4.78, 5) is 6.28. The van der Waals surface area contributed by atoms with Crippen molar-refractivity contribution in [3.8, 4) is 0 Å². The summed E-state index contributed by atoms with van der Waals surface area (Å²) in [5, 5.41) is 18.6. The Morgan fingerprint density at radius 2 is 2.20 bits per heavy atom. The number of aliphatic hydroxyl groups is 1. The largest absolute Gasteiger partial charge is 0.391 e. The molecule has 3 heterocycles. The van der Waals surface area contributed by atoms with Gasteiger partial charge in [0.25, 0.3) is 0 Å². The predicted octanol–water partition coefficient (Wildman–Crippen LogP) is 1.36. The number of rotatable bonds is 3. The van der Waals surface area contributed by atoms with E-state index in [0.29, 0.717) is 0 Å². The van der Waals surface area contributed by atoms with Gasteiger partial charge in [-0.3, -0.25) is 4.98 Å². The van der Waals surface area contributed by atoms with Crippen LogP contribution in [-0.2, 0) is 6.42 Å². The summed E-state index contributed by atoms with van der Waals surface area (Å²) in [7, 11) is 0. The molecule has 5 nitrogen and oxygen atoms in total. The highest BCUT2D eigenvalue weighted by molar-refractivity contribution is 5.41. The molecule has 5 heteroatoms. The van der Waals surface area contributed by atoms with Gasteiger partial charge in [-0.2, -0.15) is 5.10 Å². The lowest BCUT2D eigenvalue weighted by molar-refractivity contribution is 0.164. The lowest BCUT2D eigenvalue weighted by Gasteiger charge is -2.26. The minimum absolute atomic E-state index is 0.0382. The first kappa shape index (κ1) is 13.0. The van der Waals surface area contributed by atoms with Crippen molar-refractivity contribution >= 4 is 5.82 Å². The molecule has 0 unspecified atom stereocenters. The van der Waals surface area contributed by atoms with E-state index < -0.39 is 0 Å². The zero-order valence-electron chi connectivity index (χ0n) is 11.5.